The molecule has 0 unspecified atom stereocenters. The summed E-state index contributed by atoms with van der Waals surface area (Å²) in [6, 6.07) is 3.88. The van der Waals surface area contributed by atoms with Crippen LogP contribution in [0.15, 0.2) is 27.9 Å². The molecule has 0 radical (unpaired) electrons. The number of aryl methyl sites for hydroxylation is 2. The van der Waals surface area contributed by atoms with Gasteiger partial charge in [0, 0.05) is 18.5 Å². The third-order valence-electron chi connectivity index (χ3n) is 4.24. The molecule has 4 rings (SSSR count). The van der Waals surface area contributed by atoms with Crippen LogP contribution in [0.2, 0.25) is 0 Å². The van der Waals surface area contributed by atoms with E-state index in [2.05, 4.69) is 19.8 Å². The van der Waals surface area contributed by atoms with Gasteiger partial charge in [-0.1, -0.05) is 0 Å². The van der Waals surface area contributed by atoms with Gasteiger partial charge in [-0.25, -0.2) is 4.31 Å². The fourth-order valence-corrected chi connectivity index (χ4v) is 4.71. The SMILES string of the molecule is Cc1nnc2sc(C(=O)NC3CN(Sc4ccco4)C3)c(N)c2c1C. The standard InChI is InChI=1S/C16H17N5O2S2/c1-8-9(2)19-20-16-12(8)13(17)14(24-16)15(22)18-10-6-21(7-10)25-11-4-3-5-23-11/h3-5,10H,6-7,17H2,1-2H3,(H,18,22). The van der Waals surface area contributed by atoms with Crippen LogP contribution >= 0.6 is 23.3 Å². The van der Waals surface area contributed by atoms with E-state index in [0.29, 0.717) is 15.4 Å². The van der Waals surface area contributed by atoms with Gasteiger partial charge in [-0.05, 0) is 43.5 Å². The molecule has 1 amide bonds. The van der Waals surface area contributed by atoms with E-state index in [4.69, 9.17) is 10.2 Å². The van der Waals surface area contributed by atoms with E-state index >= 15 is 0 Å². The van der Waals surface area contributed by atoms with E-state index in [1.807, 2.05) is 26.0 Å². The molecule has 0 saturated carbocycles. The summed E-state index contributed by atoms with van der Waals surface area (Å²) in [6.45, 7) is 5.37. The minimum absolute atomic E-state index is 0.105. The van der Waals surface area contributed by atoms with Crippen LogP contribution in [0.4, 0.5) is 5.69 Å². The number of anilines is 1. The summed E-state index contributed by atoms with van der Waals surface area (Å²) in [6.07, 6.45) is 1.65. The van der Waals surface area contributed by atoms with Gasteiger partial charge in [0.2, 0.25) is 0 Å². The molecular formula is C16H17N5O2S2. The smallest absolute Gasteiger partial charge is 0.263 e. The number of carbonyl (C=O) groups excluding carboxylic acids is 1. The Morgan fingerprint density at radius 3 is 2.96 bits per heavy atom. The normalized spacial score (nSPS) is 15.4. The number of nitrogen functional groups attached to an aromatic ring is 1. The van der Waals surface area contributed by atoms with Crippen LogP contribution in [0.3, 0.4) is 0 Å². The molecule has 1 fully saturated rings. The van der Waals surface area contributed by atoms with Gasteiger partial charge in [0.05, 0.1) is 23.7 Å². The van der Waals surface area contributed by atoms with E-state index in [1.165, 1.54) is 11.3 Å². The van der Waals surface area contributed by atoms with Crippen LogP contribution in [0.1, 0.15) is 20.9 Å². The zero-order valence-electron chi connectivity index (χ0n) is 13.8. The Bertz CT molecular complexity index is 932. The molecule has 25 heavy (non-hydrogen) atoms. The highest BCUT2D eigenvalue weighted by Crippen LogP contribution is 2.35. The van der Waals surface area contributed by atoms with Crippen molar-refractivity contribution in [3.63, 3.8) is 0 Å². The van der Waals surface area contributed by atoms with E-state index in [-0.39, 0.29) is 11.9 Å². The van der Waals surface area contributed by atoms with E-state index in [0.717, 1.165) is 34.8 Å². The van der Waals surface area contributed by atoms with Gasteiger partial charge in [-0.3, -0.25) is 4.79 Å². The molecule has 9 heteroatoms. The number of nitrogens with two attached hydrogens (primary N) is 1. The fraction of sp³-hybridized carbons (Fsp3) is 0.312. The molecule has 0 aromatic carbocycles. The maximum atomic E-state index is 12.6. The summed E-state index contributed by atoms with van der Waals surface area (Å²) in [5.41, 5.74) is 8.51. The lowest BCUT2D eigenvalue weighted by molar-refractivity contribution is 0.0906. The molecule has 130 valence electrons. The second kappa shape index (κ2) is 6.32. The number of furan rings is 1. The molecule has 0 aliphatic carbocycles. The van der Waals surface area contributed by atoms with Crippen molar-refractivity contribution in [3.05, 3.63) is 34.5 Å². The van der Waals surface area contributed by atoms with Crippen LogP contribution < -0.4 is 11.1 Å². The fourth-order valence-electron chi connectivity index (χ4n) is 2.71. The van der Waals surface area contributed by atoms with Crippen molar-refractivity contribution in [2.75, 3.05) is 18.8 Å². The Morgan fingerprint density at radius 1 is 1.44 bits per heavy atom. The zero-order chi connectivity index (χ0) is 17.6. The van der Waals surface area contributed by atoms with Crippen LogP contribution in [-0.2, 0) is 0 Å². The summed E-state index contributed by atoms with van der Waals surface area (Å²) in [5.74, 6) is -0.148. The Balaban J connectivity index is 1.43. The molecule has 3 aromatic heterocycles. The quantitative estimate of drug-likeness (QED) is 0.677. The first-order valence-electron chi connectivity index (χ1n) is 7.82. The molecule has 1 saturated heterocycles. The zero-order valence-corrected chi connectivity index (χ0v) is 15.4. The number of aromatic nitrogens is 2. The third-order valence-corrected chi connectivity index (χ3v) is 6.30. The number of nitrogens with one attached hydrogen (secondary N) is 1. The van der Waals surface area contributed by atoms with Crippen molar-refractivity contribution in [2.45, 2.75) is 25.0 Å². The maximum Gasteiger partial charge on any atom is 0.263 e. The molecular weight excluding hydrogens is 358 g/mol. The van der Waals surface area contributed by atoms with Gasteiger partial charge < -0.3 is 15.5 Å². The summed E-state index contributed by atoms with van der Waals surface area (Å²) in [7, 11) is 0. The molecule has 0 spiro atoms. The second-order valence-electron chi connectivity index (χ2n) is 5.98. The van der Waals surface area contributed by atoms with E-state index in [9.17, 15) is 4.79 Å². The van der Waals surface area contributed by atoms with Crippen molar-refractivity contribution >= 4 is 45.1 Å². The van der Waals surface area contributed by atoms with Crippen LogP contribution in [-0.4, -0.2) is 39.5 Å². The van der Waals surface area contributed by atoms with Gasteiger partial charge in [0.25, 0.3) is 5.91 Å². The average molecular weight is 375 g/mol. The van der Waals surface area contributed by atoms with Gasteiger partial charge in [-0.2, -0.15) is 5.10 Å². The first-order chi connectivity index (χ1) is 12.0. The summed E-state index contributed by atoms with van der Waals surface area (Å²) in [4.78, 5) is 13.8. The lowest BCUT2D eigenvalue weighted by Gasteiger charge is -2.37. The first-order valence-corrected chi connectivity index (χ1v) is 9.41. The van der Waals surface area contributed by atoms with Crippen LogP contribution in [0.25, 0.3) is 10.2 Å². The largest absolute Gasteiger partial charge is 0.457 e. The Labute approximate surface area is 152 Å². The maximum absolute atomic E-state index is 12.6. The van der Waals surface area contributed by atoms with Gasteiger partial charge in [-0.15, -0.1) is 16.4 Å². The lowest BCUT2D eigenvalue weighted by atomic mass is 10.1. The van der Waals surface area contributed by atoms with Crippen molar-refractivity contribution in [1.29, 1.82) is 0 Å². The molecule has 3 N–H and O–H groups in total. The van der Waals surface area contributed by atoms with Crippen molar-refractivity contribution in [1.82, 2.24) is 19.8 Å². The third kappa shape index (κ3) is 2.99. The summed E-state index contributed by atoms with van der Waals surface area (Å²) in [5, 5.41) is 13.0. The van der Waals surface area contributed by atoms with E-state index < -0.39 is 0 Å². The van der Waals surface area contributed by atoms with Crippen LogP contribution in [0, 0.1) is 13.8 Å². The number of carbonyl (C=O) groups is 1. The average Bonchev–Trinajstić information content (AvgIpc) is 3.17. The number of hydrogen-bond acceptors (Lipinski definition) is 8. The van der Waals surface area contributed by atoms with Crippen molar-refractivity contribution in [2.24, 2.45) is 0 Å². The highest BCUT2D eigenvalue weighted by atomic mass is 32.2. The van der Waals surface area contributed by atoms with E-state index in [1.54, 1.807) is 18.2 Å². The minimum Gasteiger partial charge on any atom is -0.457 e. The number of hydrogen-bond donors (Lipinski definition) is 2. The Morgan fingerprint density at radius 2 is 2.24 bits per heavy atom. The number of amides is 1. The molecule has 4 heterocycles. The second-order valence-corrected chi connectivity index (χ2v) is 8.08. The van der Waals surface area contributed by atoms with Crippen LogP contribution in [0.5, 0.6) is 0 Å². The highest BCUT2D eigenvalue weighted by molar-refractivity contribution is 7.96. The first kappa shape index (κ1) is 16.4. The molecule has 7 nitrogen and oxygen atoms in total. The topological polar surface area (TPSA) is 97.3 Å². The Hall–Kier alpha value is -2.10. The number of fused-ring (bicyclic) bond motifs is 1. The molecule has 3 aromatic rings. The number of rotatable bonds is 4. The lowest BCUT2D eigenvalue weighted by Crippen LogP contribution is -2.56. The Kier molecular flexibility index (Phi) is 4.14. The monoisotopic (exact) mass is 375 g/mol. The molecule has 1 aliphatic heterocycles. The van der Waals surface area contributed by atoms with Crippen molar-refractivity contribution < 1.29 is 9.21 Å². The van der Waals surface area contributed by atoms with Gasteiger partial charge >= 0.3 is 0 Å². The molecule has 0 bridgehead atoms. The minimum atomic E-state index is -0.148. The predicted octanol–water partition coefficient (Wildman–Crippen LogP) is 2.60. The molecule has 1 aliphatic rings. The number of thiophene rings is 1. The van der Waals surface area contributed by atoms with Gasteiger partial charge in [0.15, 0.2) is 5.09 Å². The number of nitrogens with zero attached hydrogens (tertiary/aromatic N) is 3. The predicted molar refractivity (Wildman–Crippen MR) is 98.7 cm³/mol. The summed E-state index contributed by atoms with van der Waals surface area (Å²) < 4.78 is 7.44. The van der Waals surface area contributed by atoms with Crippen molar-refractivity contribution in [3.8, 4) is 0 Å². The highest BCUT2D eigenvalue weighted by Gasteiger charge is 2.31. The summed E-state index contributed by atoms with van der Waals surface area (Å²) >= 11 is 2.84. The van der Waals surface area contributed by atoms with Gasteiger partial charge in [0.1, 0.15) is 9.71 Å². The molecule has 0 atom stereocenters.